The van der Waals surface area contributed by atoms with Crippen LogP contribution in [0.1, 0.15) is 52.8 Å². The van der Waals surface area contributed by atoms with E-state index in [-0.39, 0.29) is 23.2 Å². The van der Waals surface area contributed by atoms with Gasteiger partial charge in [-0.3, -0.25) is 9.69 Å². The quantitative estimate of drug-likeness (QED) is 0.808. The number of benzene rings is 1. The van der Waals surface area contributed by atoms with Crippen molar-refractivity contribution in [3.05, 3.63) is 59.2 Å². The maximum atomic E-state index is 13.2. The number of hydrogen-bond acceptors (Lipinski definition) is 4. The second-order valence-corrected chi connectivity index (χ2v) is 7.17. The Bertz CT molecular complexity index is 783. The molecule has 7 heteroatoms. The normalized spacial score (nSPS) is 18.1. The summed E-state index contributed by atoms with van der Waals surface area (Å²) < 4.78 is 26.3. The van der Waals surface area contributed by atoms with Crippen LogP contribution >= 0.6 is 0 Å². The van der Waals surface area contributed by atoms with Gasteiger partial charge in [-0.2, -0.15) is 0 Å². The van der Waals surface area contributed by atoms with Gasteiger partial charge in [0.2, 0.25) is 0 Å². The van der Waals surface area contributed by atoms with Gasteiger partial charge in [0.25, 0.3) is 12.3 Å². The highest BCUT2D eigenvalue weighted by Gasteiger charge is 2.30. The molecule has 2 fully saturated rings. The minimum Gasteiger partial charge on any atom is -0.335 e. The van der Waals surface area contributed by atoms with Crippen LogP contribution in [0.25, 0.3) is 0 Å². The molecule has 0 N–H and O–H groups in total. The Morgan fingerprint density at radius 2 is 1.78 bits per heavy atom. The van der Waals surface area contributed by atoms with E-state index in [1.807, 2.05) is 18.2 Å². The molecular formula is C20H22F2N4O. The molecule has 0 bridgehead atoms. The number of hydrogen-bond donors (Lipinski definition) is 0. The standard InChI is InChI=1S/C20H22F2N4O/c21-18(22)16-12-17(24-19(23-16)15-6-7-15)20(27)26-10-8-25(9-11-26)13-14-4-2-1-3-5-14/h1-5,12,15,18H,6-11,13H2. The van der Waals surface area contributed by atoms with Crippen LogP contribution in [0.5, 0.6) is 0 Å². The molecule has 2 heterocycles. The third-order valence-electron chi connectivity index (χ3n) is 5.06. The van der Waals surface area contributed by atoms with Crippen LogP contribution in [0, 0.1) is 0 Å². The van der Waals surface area contributed by atoms with Gasteiger partial charge in [-0.1, -0.05) is 30.3 Å². The molecule has 1 amide bonds. The first-order valence-corrected chi connectivity index (χ1v) is 9.33. The number of nitrogens with zero attached hydrogens (tertiary/aromatic N) is 4. The van der Waals surface area contributed by atoms with E-state index in [0.29, 0.717) is 18.9 Å². The number of alkyl halides is 2. The van der Waals surface area contributed by atoms with E-state index >= 15 is 0 Å². The van der Waals surface area contributed by atoms with E-state index in [9.17, 15) is 13.6 Å². The molecule has 27 heavy (non-hydrogen) atoms. The highest BCUT2D eigenvalue weighted by Crippen LogP contribution is 2.38. The Kier molecular flexibility index (Phi) is 5.11. The second-order valence-electron chi connectivity index (χ2n) is 7.17. The van der Waals surface area contributed by atoms with Crippen molar-refractivity contribution in [3.8, 4) is 0 Å². The minimum absolute atomic E-state index is 0.0960. The summed E-state index contributed by atoms with van der Waals surface area (Å²) in [5, 5.41) is 0. The first-order chi connectivity index (χ1) is 13.1. The topological polar surface area (TPSA) is 49.3 Å². The Hall–Kier alpha value is -2.41. The number of amides is 1. The van der Waals surface area contributed by atoms with Crippen molar-refractivity contribution in [2.24, 2.45) is 0 Å². The largest absolute Gasteiger partial charge is 0.335 e. The van der Waals surface area contributed by atoms with Crippen LogP contribution in [0.3, 0.4) is 0 Å². The average Bonchev–Trinajstić information content (AvgIpc) is 3.54. The van der Waals surface area contributed by atoms with Crippen LogP contribution in [0.15, 0.2) is 36.4 Å². The van der Waals surface area contributed by atoms with Gasteiger partial charge in [-0.15, -0.1) is 0 Å². The lowest BCUT2D eigenvalue weighted by Gasteiger charge is -2.34. The van der Waals surface area contributed by atoms with Crippen molar-refractivity contribution < 1.29 is 13.6 Å². The zero-order chi connectivity index (χ0) is 18.8. The first-order valence-electron chi connectivity index (χ1n) is 9.33. The molecular weight excluding hydrogens is 350 g/mol. The average molecular weight is 372 g/mol. The van der Waals surface area contributed by atoms with Crippen LogP contribution in [0.4, 0.5) is 8.78 Å². The number of carbonyl (C=O) groups excluding carboxylic acids is 1. The molecule has 1 aliphatic heterocycles. The van der Waals surface area contributed by atoms with Crippen molar-refractivity contribution in [3.63, 3.8) is 0 Å². The van der Waals surface area contributed by atoms with Crippen molar-refractivity contribution in [2.45, 2.75) is 31.7 Å². The zero-order valence-corrected chi connectivity index (χ0v) is 15.0. The van der Waals surface area contributed by atoms with Crippen LogP contribution < -0.4 is 0 Å². The summed E-state index contributed by atoms with van der Waals surface area (Å²) in [4.78, 5) is 25.0. The molecule has 0 unspecified atom stereocenters. The van der Waals surface area contributed by atoms with Crippen molar-refractivity contribution in [1.82, 2.24) is 19.8 Å². The molecule has 1 aromatic heterocycles. The second kappa shape index (κ2) is 7.68. The minimum atomic E-state index is -2.69. The number of piperazine rings is 1. The smallest absolute Gasteiger partial charge is 0.280 e. The van der Waals surface area contributed by atoms with E-state index < -0.39 is 6.43 Å². The highest BCUT2D eigenvalue weighted by atomic mass is 19.3. The van der Waals surface area contributed by atoms with Crippen molar-refractivity contribution in [1.29, 1.82) is 0 Å². The molecule has 2 aliphatic rings. The SMILES string of the molecule is O=C(c1cc(C(F)F)nc(C2CC2)n1)N1CCN(Cc2ccccc2)CC1. The van der Waals surface area contributed by atoms with Crippen LogP contribution in [-0.2, 0) is 6.54 Å². The molecule has 142 valence electrons. The maximum Gasteiger partial charge on any atom is 0.280 e. The molecule has 1 aromatic carbocycles. The summed E-state index contributed by atoms with van der Waals surface area (Å²) in [6.45, 7) is 3.49. The fourth-order valence-corrected chi connectivity index (χ4v) is 3.34. The van der Waals surface area contributed by atoms with Gasteiger partial charge in [0.15, 0.2) is 0 Å². The number of rotatable bonds is 5. The Morgan fingerprint density at radius 3 is 2.41 bits per heavy atom. The summed E-state index contributed by atoms with van der Waals surface area (Å²) in [5.41, 5.74) is 0.986. The van der Waals surface area contributed by atoms with Crippen LogP contribution in [0.2, 0.25) is 0 Å². The Morgan fingerprint density at radius 1 is 1.07 bits per heavy atom. The monoisotopic (exact) mass is 372 g/mol. The summed E-state index contributed by atoms with van der Waals surface area (Å²) in [6, 6.07) is 11.3. The number of aromatic nitrogens is 2. The number of halogens is 2. The lowest BCUT2D eigenvalue weighted by molar-refractivity contribution is 0.0621. The molecule has 5 nitrogen and oxygen atoms in total. The van der Waals surface area contributed by atoms with Crippen molar-refractivity contribution in [2.75, 3.05) is 26.2 Å². The van der Waals surface area contributed by atoms with Crippen molar-refractivity contribution >= 4 is 5.91 Å². The van der Waals surface area contributed by atoms with E-state index in [1.54, 1.807) is 4.90 Å². The van der Waals surface area contributed by atoms with E-state index in [4.69, 9.17) is 0 Å². The molecule has 4 rings (SSSR count). The summed E-state index contributed by atoms with van der Waals surface area (Å²) in [7, 11) is 0. The van der Waals surface area contributed by atoms with Gasteiger partial charge in [-0.25, -0.2) is 18.7 Å². The summed E-state index contributed by atoms with van der Waals surface area (Å²) >= 11 is 0. The molecule has 2 aromatic rings. The third kappa shape index (κ3) is 4.30. The van der Waals surface area contributed by atoms with E-state index in [1.165, 1.54) is 5.56 Å². The molecule has 1 saturated carbocycles. The lowest BCUT2D eigenvalue weighted by Crippen LogP contribution is -2.48. The van der Waals surface area contributed by atoms with E-state index in [0.717, 1.165) is 38.5 Å². The van der Waals surface area contributed by atoms with Crippen LogP contribution in [-0.4, -0.2) is 51.9 Å². The molecule has 0 atom stereocenters. The molecule has 1 saturated heterocycles. The molecule has 1 aliphatic carbocycles. The predicted molar refractivity (Wildman–Crippen MR) is 96.6 cm³/mol. The van der Waals surface area contributed by atoms with E-state index in [2.05, 4.69) is 27.0 Å². The zero-order valence-electron chi connectivity index (χ0n) is 15.0. The van der Waals surface area contributed by atoms with Gasteiger partial charge in [-0.05, 0) is 24.5 Å². The van der Waals surface area contributed by atoms with Gasteiger partial charge < -0.3 is 4.90 Å². The van der Waals surface area contributed by atoms with Gasteiger partial charge >= 0.3 is 0 Å². The fourth-order valence-electron chi connectivity index (χ4n) is 3.34. The summed E-state index contributed by atoms with van der Waals surface area (Å²) in [6.07, 6.45) is -0.892. The highest BCUT2D eigenvalue weighted by molar-refractivity contribution is 5.92. The van der Waals surface area contributed by atoms with Gasteiger partial charge in [0.1, 0.15) is 17.2 Å². The van der Waals surface area contributed by atoms with Gasteiger partial charge in [0, 0.05) is 38.6 Å². The van der Waals surface area contributed by atoms with Gasteiger partial charge in [0.05, 0.1) is 0 Å². The molecule has 0 spiro atoms. The summed E-state index contributed by atoms with van der Waals surface area (Å²) in [5.74, 6) is 0.234. The number of carbonyl (C=O) groups is 1. The Labute approximate surface area is 157 Å². The predicted octanol–water partition coefficient (Wildman–Crippen LogP) is 3.25. The molecule has 0 radical (unpaired) electrons. The lowest BCUT2D eigenvalue weighted by atomic mass is 10.2. The Balaban J connectivity index is 1.42. The first kappa shape index (κ1) is 18.0. The third-order valence-corrected chi connectivity index (χ3v) is 5.06. The fraction of sp³-hybridized carbons (Fsp3) is 0.450. The maximum absolute atomic E-state index is 13.2.